The molecule has 2 N–H and O–H groups in total. The van der Waals surface area contributed by atoms with Crippen LogP contribution in [-0.2, 0) is 4.79 Å². The fourth-order valence-electron chi connectivity index (χ4n) is 2.03. The van der Waals surface area contributed by atoms with Crippen molar-refractivity contribution in [2.24, 2.45) is 0 Å². The van der Waals surface area contributed by atoms with E-state index in [4.69, 9.17) is 4.74 Å². The monoisotopic (exact) mass is 267 g/mol. The Bertz CT molecular complexity index is 448. The van der Waals surface area contributed by atoms with Crippen LogP contribution in [0.3, 0.4) is 0 Å². The summed E-state index contributed by atoms with van der Waals surface area (Å²) in [6.07, 6.45) is 0. The molecule has 1 heterocycles. The van der Waals surface area contributed by atoms with Gasteiger partial charge in [0.15, 0.2) is 0 Å². The van der Waals surface area contributed by atoms with Crippen molar-refractivity contribution in [2.75, 3.05) is 45.2 Å². The zero-order valence-electron chi connectivity index (χ0n) is 10.9. The van der Waals surface area contributed by atoms with Crippen molar-refractivity contribution in [1.29, 1.82) is 0 Å². The molecular formula is C13H18FN3O2. The lowest BCUT2D eigenvalue weighted by atomic mass is 10.2. The molecular weight excluding hydrogens is 249 g/mol. The molecule has 0 aromatic heterocycles. The molecule has 1 amide bonds. The maximum atomic E-state index is 13.0. The first kappa shape index (κ1) is 13.8. The molecule has 0 spiro atoms. The van der Waals surface area contributed by atoms with E-state index >= 15 is 0 Å². The highest BCUT2D eigenvalue weighted by molar-refractivity contribution is 5.93. The van der Waals surface area contributed by atoms with Crippen LogP contribution in [0.2, 0.25) is 0 Å². The van der Waals surface area contributed by atoms with Gasteiger partial charge in [0.05, 0.1) is 19.3 Å². The molecule has 0 saturated carbocycles. The predicted molar refractivity (Wildman–Crippen MR) is 70.9 cm³/mol. The quantitative estimate of drug-likeness (QED) is 0.842. The zero-order valence-corrected chi connectivity index (χ0v) is 10.9. The molecule has 0 atom stereocenters. The van der Waals surface area contributed by atoms with Gasteiger partial charge in [0.2, 0.25) is 5.91 Å². The highest BCUT2D eigenvalue weighted by atomic mass is 19.1. The molecule has 1 aromatic carbocycles. The van der Waals surface area contributed by atoms with Crippen LogP contribution in [0.4, 0.5) is 10.1 Å². The summed E-state index contributed by atoms with van der Waals surface area (Å²) in [6.45, 7) is 3.84. The third-order valence-corrected chi connectivity index (χ3v) is 3.01. The van der Waals surface area contributed by atoms with Gasteiger partial charge in [-0.1, -0.05) is 0 Å². The van der Waals surface area contributed by atoms with Crippen LogP contribution >= 0.6 is 0 Å². The van der Waals surface area contributed by atoms with E-state index in [0.717, 1.165) is 26.2 Å². The smallest absolute Gasteiger partial charge is 0.238 e. The second-order valence-corrected chi connectivity index (χ2v) is 4.42. The van der Waals surface area contributed by atoms with Crippen LogP contribution in [0.25, 0.3) is 0 Å². The number of ether oxygens (including phenoxy) is 1. The van der Waals surface area contributed by atoms with E-state index in [1.165, 1.54) is 25.3 Å². The van der Waals surface area contributed by atoms with E-state index in [2.05, 4.69) is 15.5 Å². The highest BCUT2D eigenvalue weighted by Gasteiger charge is 2.15. The minimum absolute atomic E-state index is 0.119. The number of amides is 1. The fraction of sp³-hybridized carbons (Fsp3) is 0.462. The molecule has 2 rings (SSSR count). The molecule has 104 valence electrons. The summed E-state index contributed by atoms with van der Waals surface area (Å²) < 4.78 is 18.1. The van der Waals surface area contributed by atoms with Gasteiger partial charge in [-0.3, -0.25) is 9.69 Å². The van der Waals surface area contributed by atoms with Gasteiger partial charge < -0.3 is 15.4 Å². The summed E-state index contributed by atoms with van der Waals surface area (Å²) in [7, 11) is 1.45. The Balaban J connectivity index is 1.94. The lowest BCUT2D eigenvalue weighted by molar-refractivity contribution is -0.117. The van der Waals surface area contributed by atoms with Crippen LogP contribution in [0.5, 0.6) is 5.75 Å². The fourth-order valence-corrected chi connectivity index (χ4v) is 2.03. The van der Waals surface area contributed by atoms with Gasteiger partial charge in [-0.2, -0.15) is 0 Å². The Morgan fingerprint density at radius 1 is 1.47 bits per heavy atom. The molecule has 0 bridgehead atoms. The van der Waals surface area contributed by atoms with Gasteiger partial charge in [-0.05, 0) is 12.1 Å². The number of carbonyl (C=O) groups excluding carboxylic acids is 1. The van der Waals surface area contributed by atoms with E-state index in [0.29, 0.717) is 18.0 Å². The number of carbonyl (C=O) groups is 1. The molecule has 1 saturated heterocycles. The third-order valence-electron chi connectivity index (χ3n) is 3.01. The molecule has 0 radical (unpaired) electrons. The maximum absolute atomic E-state index is 13.0. The summed E-state index contributed by atoms with van der Waals surface area (Å²) in [5, 5.41) is 5.97. The standard InChI is InChI=1S/C13H18FN3O2/c1-19-12-8-10(14)2-3-11(12)16-13(18)9-17-6-4-15-5-7-17/h2-3,8,15H,4-7,9H2,1H3,(H,16,18). The number of piperazine rings is 1. The van der Waals surface area contributed by atoms with Gasteiger partial charge in [0.1, 0.15) is 11.6 Å². The van der Waals surface area contributed by atoms with Crippen LogP contribution in [0.15, 0.2) is 18.2 Å². The van der Waals surface area contributed by atoms with Crippen molar-refractivity contribution in [3.8, 4) is 5.75 Å². The SMILES string of the molecule is COc1cc(F)ccc1NC(=O)CN1CCNCC1. The van der Waals surface area contributed by atoms with Gasteiger partial charge in [0, 0.05) is 32.2 Å². The Kier molecular flexibility index (Phi) is 4.70. The Morgan fingerprint density at radius 2 is 2.21 bits per heavy atom. The van der Waals surface area contributed by atoms with E-state index in [-0.39, 0.29) is 5.91 Å². The van der Waals surface area contributed by atoms with E-state index in [1.54, 1.807) is 0 Å². The molecule has 1 aromatic rings. The van der Waals surface area contributed by atoms with Crippen molar-refractivity contribution in [3.63, 3.8) is 0 Å². The normalized spacial score (nSPS) is 16.1. The number of methoxy groups -OCH3 is 1. The van der Waals surface area contributed by atoms with Crippen molar-refractivity contribution in [3.05, 3.63) is 24.0 Å². The minimum Gasteiger partial charge on any atom is -0.494 e. The number of anilines is 1. The highest BCUT2D eigenvalue weighted by Crippen LogP contribution is 2.24. The van der Waals surface area contributed by atoms with Crippen LogP contribution < -0.4 is 15.4 Å². The number of hydrogen-bond donors (Lipinski definition) is 2. The summed E-state index contributed by atoms with van der Waals surface area (Å²) in [6, 6.07) is 4.05. The first-order valence-corrected chi connectivity index (χ1v) is 6.25. The molecule has 5 nitrogen and oxygen atoms in total. The molecule has 19 heavy (non-hydrogen) atoms. The van der Waals surface area contributed by atoms with Crippen LogP contribution in [0, 0.1) is 5.82 Å². The molecule has 1 aliphatic rings. The van der Waals surface area contributed by atoms with E-state index in [9.17, 15) is 9.18 Å². The van der Waals surface area contributed by atoms with Crippen molar-refractivity contribution in [1.82, 2.24) is 10.2 Å². The Hall–Kier alpha value is -1.66. The summed E-state index contributed by atoms with van der Waals surface area (Å²) in [5.41, 5.74) is 0.490. The first-order chi connectivity index (χ1) is 9.19. The zero-order chi connectivity index (χ0) is 13.7. The van der Waals surface area contributed by atoms with Crippen molar-refractivity contribution >= 4 is 11.6 Å². The lowest BCUT2D eigenvalue weighted by Crippen LogP contribution is -2.46. The molecule has 1 aliphatic heterocycles. The average molecular weight is 267 g/mol. The van der Waals surface area contributed by atoms with E-state index < -0.39 is 5.82 Å². The largest absolute Gasteiger partial charge is 0.494 e. The number of nitrogens with one attached hydrogen (secondary N) is 2. The number of rotatable bonds is 4. The number of nitrogens with zero attached hydrogens (tertiary/aromatic N) is 1. The lowest BCUT2D eigenvalue weighted by Gasteiger charge is -2.26. The summed E-state index contributed by atoms with van der Waals surface area (Å²) >= 11 is 0. The van der Waals surface area contributed by atoms with Crippen molar-refractivity contribution < 1.29 is 13.9 Å². The van der Waals surface area contributed by atoms with Gasteiger partial charge in [0.25, 0.3) is 0 Å². The predicted octanol–water partition coefficient (Wildman–Crippen LogP) is 0.678. The molecule has 6 heteroatoms. The molecule has 1 fully saturated rings. The average Bonchev–Trinajstić information content (AvgIpc) is 2.42. The Morgan fingerprint density at radius 3 is 2.89 bits per heavy atom. The Labute approximate surface area is 111 Å². The second-order valence-electron chi connectivity index (χ2n) is 4.42. The van der Waals surface area contributed by atoms with Crippen molar-refractivity contribution in [2.45, 2.75) is 0 Å². The number of hydrogen-bond acceptors (Lipinski definition) is 4. The number of halogens is 1. The van der Waals surface area contributed by atoms with Crippen LogP contribution in [-0.4, -0.2) is 50.6 Å². The summed E-state index contributed by atoms with van der Waals surface area (Å²) in [5.74, 6) is -0.183. The van der Waals surface area contributed by atoms with Gasteiger partial charge in [-0.15, -0.1) is 0 Å². The van der Waals surface area contributed by atoms with Gasteiger partial charge >= 0.3 is 0 Å². The topological polar surface area (TPSA) is 53.6 Å². The number of benzene rings is 1. The minimum atomic E-state index is -0.392. The van der Waals surface area contributed by atoms with Crippen LogP contribution in [0.1, 0.15) is 0 Å². The second kappa shape index (κ2) is 6.49. The maximum Gasteiger partial charge on any atom is 0.238 e. The van der Waals surface area contributed by atoms with E-state index in [1.807, 2.05) is 0 Å². The molecule has 0 unspecified atom stereocenters. The third kappa shape index (κ3) is 3.90. The summed E-state index contributed by atoms with van der Waals surface area (Å²) in [4.78, 5) is 14.0. The molecule has 0 aliphatic carbocycles. The first-order valence-electron chi connectivity index (χ1n) is 6.25. The van der Waals surface area contributed by atoms with Gasteiger partial charge in [-0.25, -0.2) is 4.39 Å².